The normalized spacial score (nSPS) is 23.7. The van der Waals surface area contributed by atoms with Gasteiger partial charge in [0, 0.05) is 36.7 Å². The number of halogens is 2. The smallest absolute Gasteiger partial charge is 0.246 e. The Morgan fingerprint density at radius 1 is 1.24 bits per heavy atom. The molecular formula is C19H28Cl2N6O2. The molecule has 2 aliphatic heterocycles. The van der Waals surface area contributed by atoms with Gasteiger partial charge in [-0.3, -0.25) is 4.90 Å². The molecule has 3 heterocycles. The molecule has 0 radical (unpaired) electrons. The summed E-state index contributed by atoms with van der Waals surface area (Å²) in [6.07, 6.45) is 2.83. The summed E-state index contributed by atoms with van der Waals surface area (Å²) in [7, 11) is 0. The Labute approximate surface area is 181 Å². The van der Waals surface area contributed by atoms with Crippen LogP contribution in [-0.2, 0) is 11.2 Å². The molecular weight excluding hydrogens is 415 g/mol. The van der Waals surface area contributed by atoms with Crippen LogP contribution in [0.5, 0.6) is 0 Å². The molecule has 0 spiro atoms. The van der Waals surface area contributed by atoms with Gasteiger partial charge < -0.3 is 20.5 Å². The molecule has 0 unspecified atom stereocenters. The Bertz CT molecular complexity index is 766. The predicted octanol–water partition coefficient (Wildman–Crippen LogP) is 1.74. The van der Waals surface area contributed by atoms with Gasteiger partial charge >= 0.3 is 0 Å². The van der Waals surface area contributed by atoms with Crippen molar-refractivity contribution >= 4 is 35.9 Å². The maximum atomic E-state index is 9.60. The molecule has 10 heteroatoms. The molecule has 2 aromatic rings. The highest BCUT2D eigenvalue weighted by atomic mass is 35.5. The fraction of sp³-hybridized carbons (Fsp3) is 0.579. The number of morpholine rings is 1. The number of hydrogen-bond acceptors (Lipinski definition) is 7. The van der Waals surface area contributed by atoms with E-state index in [0.717, 1.165) is 43.9 Å². The molecule has 1 aromatic heterocycles. The van der Waals surface area contributed by atoms with Crippen LogP contribution in [0, 0.1) is 0 Å². The van der Waals surface area contributed by atoms with Gasteiger partial charge in [-0.2, -0.15) is 4.98 Å². The Kier molecular flexibility index (Phi) is 7.59. The molecule has 2 atom stereocenters. The van der Waals surface area contributed by atoms with Crippen LogP contribution < -0.4 is 10.6 Å². The number of ether oxygens (including phenoxy) is 1. The number of rotatable bonds is 5. The maximum absolute atomic E-state index is 9.60. The van der Waals surface area contributed by atoms with E-state index in [1.807, 2.05) is 12.1 Å². The van der Waals surface area contributed by atoms with Crippen LogP contribution in [0.3, 0.4) is 0 Å². The number of aromatic nitrogens is 3. The number of piperidine rings is 1. The molecule has 0 amide bonds. The number of benzene rings is 1. The highest BCUT2D eigenvalue weighted by Gasteiger charge is 2.35. The van der Waals surface area contributed by atoms with Crippen LogP contribution in [0.4, 0.5) is 11.9 Å². The maximum Gasteiger partial charge on any atom is 0.246 e. The molecule has 0 saturated carbocycles. The quantitative estimate of drug-likeness (QED) is 0.647. The van der Waals surface area contributed by atoms with Crippen LogP contribution in [0.25, 0.3) is 0 Å². The number of nitrogens with zero attached hydrogens (tertiary/aromatic N) is 4. The number of nitrogen functional groups attached to an aromatic ring is 1. The van der Waals surface area contributed by atoms with Crippen LogP contribution in [0.15, 0.2) is 24.3 Å². The summed E-state index contributed by atoms with van der Waals surface area (Å²) >= 11 is 6.02. The van der Waals surface area contributed by atoms with E-state index in [1.54, 1.807) is 0 Å². The molecule has 4 N–H and O–H groups in total. The van der Waals surface area contributed by atoms with Crippen molar-refractivity contribution in [3.63, 3.8) is 0 Å². The van der Waals surface area contributed by atoms with E-state index in [1.165, 1.54) is 5.56 Å². The molecule has 0 bridgehead atoms. The van der Waals surface area contributed by atoms with Crippen molar-refractivity contribution in [2.45, 2.75) is 37.5 Å². The Balaban J connectivity index is 0.00000240. The van der Waals surface area contributed by atoms with Crippen LogP contribution in [0.1, 0.15) is 18.4 Å². The third-order valence-corrected chi connectivity index (χ3v) is 5.96. The lowest BCUT2D eigenvalue weighted by Gasteiger charge is -2.46. The van der Waals surface area contributed by atoms with E-state index in [4.69, 9.17) is 22.1 Å². The zero-order valence-electron chi connectivity index (χ0n) is 16.2. The predicted molar refractivity (Wildman–Crippen MR) is 116 cm³/mol. The topological polar surface area (TPSA) is 104 Å². The summed E-state index contributed by atoms with van der Waals surface area (Å²) in [6, 6.07) is 8.76. The summed E-state index contributed by atoms with van der Waals surface area (Å²) < 4.78 is 5.88. The number of aliphatic hydroxyl groups excluding tert-OH is 1. The molecule has 160 valence electrons. The first-order valence-corrected chi connectivity index (χ1v) is 10.2. The highest BCUT2D eigenvalue weighted by molar-refractivity contribution is 6.30. The molecule has 2 fully saturated rings. The summed E-state index contributed by atoms with van der Waals surface area (Å²) in [5, 5.41) is 17.2. The number of anilines is 2. The number of nitrogens with two attached hydrogens (primary N) is 1. The van der Waals surface area contributed by atoms with Gasteiger partial charge in [0.1, 0.15) is 0 Å². The fourth-order valence-electron chi connectivity index (χ4n) is 4.21. The second-order valence-electron chi connectivity index (χ2n) is 7.56. The lowest BCUT2D eigenvalue weighted by atomic mass is 9.96. The van der Waals surface area contributed by atoms with E-state index < -0.39 is 0 Å². The van der Waals surface area contributed by atoms with Gasteiger partial charge in [-0.15, -0.1) is 17.5 Å². The molecule has 4 rings (SSSR count). The summed E-state index contributed by atoms with van der Waals surface area (Å²) in [4.78, 5) is 8.93. The minimum atomic E-state index is -0.118. The number of H-pyrrole nitrogens is 1. The second-order valence-corrected chi connectivity index (χ2v) is 7.99. The number of hydrogen-bond donors (Lipinski definition) is 3. The van der Waals surface area contributed by atoms with E-state index in [2.05, 4.69) is 37.1 Å². The zero-order valence-corrected chi connectivity index (χ0v) is 17.8. The van der Waals surface area contributed by atoms with Crippen molar-refractivity contribution in [3.05, 3.63) is 34.9 Å². The van der Waals surface area contributed by atoms with Crippen molar-refractivity contribution in [1.82, 2.24) is 20.1 Å². The zero-order chi connectivity index (χ0) is 19.5. The molecule has 1 aromatic carbocycles. The largest absolute Gasteiger partial charge is 0.394 e. The van der Waals surface area contributed by atoms with Crippen molar-refractivity contribution < 1.29 is 9.84 Å². The molecule has 8 nitrogen and oxygen atoms in total. The van der Waals surface area contributed by atoms with Gasteiger partial charge in [0.05, 0.1) is 19.3 Å². The van der Waals surface area contributed by atoms with Gasteiger partial charge in [0.25, 0.3) is 0 Å². The van der Waals surface area contributed by atoms with Gasteiger partial charge in [-0.05, 0) is 37.0 Å². The third kappa shape index (κ3) is 5.32. The highest BCUT2D eigenvalue weighted by Crippen LogP contribution is 2.26. The first-order valence-electron chi connectivity index (χ1n) is 9.78. The minimum absolute atomic E-state index is 0. The van der Waals surface area contributed by atoms with Gasteiger partial charge in [-0.25, -0.2) is 5.10 Å². The van der Waals surface area contributed by atoms with E-state index in [9.17, 15) is 5.11 Å². The second kappa shape index (κ2) is 9.95. The summed E-state index contributed by atoms with van der Waals surface area (Å²) in [5.74, 6) is 1.02. The first-order chi connectivity index (χ1) is 13.6. The molecule has 0 aliphatic carbocycles. The average molecular weight is 443 g/mol. The van der Waals surface area contributed by atoms with Crippen LogP contribution in [0.2, 0.25) is 5.02 Å². The molecule has 2 saturated heterocycles. The minimum Gasteiger partial charge on any atom is -0.394 e. The average Bonchev–Trinajstić information content (AvgIpc) is 3.16. The Morgan fingerprint density at radius 2 is 1.97 bits per heavy atom. The lowest BCUT2D eigenvalue weighted by molar-refractivity contribution is -0.0979. The molecule has 29 heavy (non-hydrogen) atoms. The van der Waals surface area contributed by atoms with Crippen molar-refractivity contribution in [2.24, 2.45) is 0 Å². The van der Waals surface area contributed by atoms with Crippen molar-refractivity contribution in [3.8, 4) is 0 Å². The number of aliphatic hydroxyl groups is 1. The van der Waals surface area contributed by atoms with E-state index in [0.29, 0.717) is 30.6 Å². The fourth-order valence-corrected chi connectivity index (χ4v) is 4.34. The van der Waals surface area contributed by atoms with Crippen molar-refractivity contribution in [1.29, 1.82) is 0 Å². The first kappa shape index (κ1) is 22.1. The van der Waals surface area contributed by atoms with Gasteiger partial charge in [0.2, 0.25) is 11.9 Å². The van der Waals surface area contributed by atoms with E-state index in [-0.39, 0.29) is 25.1 Å². The van der Waals surface area contributed by atoms with Crippen LogP contribution >= 0.6 is 24.0 Å². The van der Waals surface area contributed by atoms with Gasteiger partial charge in [-0.1, -0.05) is 23.7 Å². The Morgan fingerprint density at radius 3 is 2.59 bits per heavy atom. The number of nitrogens with one attached hydrogen (secondary N) is 1. The van der Waals surface area contributed by atoms with E-state index >= 15 is 0 Å². The number of aromatic amines is 1. The summed E-state index contributed by atoms with van der Waals surface area (Å²) in [6.45, 7) is 3.21. The standard InChI is InChI=1S/C19H27ClN6O2.ClH/c20-14-3-1-13(2-4-14)9-16-12-28-17(11-27)10-26(16)15-5-7-25(8-6-15)19-22-18(21)23-24-19;/h1-4,15-17,27H,5-12H2,(H3,21,22,23,24);1H/t16-,17+;/m0./s1. The Hall–Kier alpha value is -1.58. The monoisotopic (exact) mass is 442 g/mol. The molecule has 2 aliphatic rings. The van der Waals surface area contributed by atoms with Crippen LogP contribution in [-0.4, -0.2) is 76.2 Å². The lowest BCUT2D eigenvalue weighted by Crippen LogP contribution is -2.57. The van der Waals surface area contributed by atoms with Gasteiger partial charge in [0.15, 0.2) is 0 Å². The van der Waals surface area contributed by atoms with Crippen molar-refractivity contribution in [2.75, 3.05) is 43.5 Å². The SMILES string of the molecule is Cl.Nc1nc(N2CCC(N3C[C@H](CO)OC[C@@H]3Cc3ccc(Cl)cc3)CC2)n[nH]1. The summed E-state index contributed by atoms with van der Waals surface area (Å²) in [5.41, 5.74) is 6.90. The third-order valence-electron chi connectivity index (χ3n) is 5.70.